The molecule has 2 aromatic heterocycles. The van der Waals surface area contributed by atoms with Gasteiger partial charge in [0, 0.05) is 97.7 Å². The zero-order valence-electron chi connectivity index (χ0n) is 29.4. The summed E-state index contributed by atoms with van der Waals surface area (Å²) in [5, 5.41) is 2.63. The quantitative estimate of drug-likeness (QED) is 0.135. The lowest BCUT2D eigenvalue weighted by Crippen LogP contribution is -2.17. The third-order valence-electron chi connectivity index (χ3n) is 10.1. The zero-order valence-corrected chi connectivity index (χ0v) is 29.4. The number of anilines is 2. The Morgan fingerprint density at radius 3 is 1.23 bits per heavy atom. The number of hydrogen-bond donors (Lipinski definition) is 0. The van der Waals surface area contributed by atoms with E-state index >= 15 is 0 Å². The van der Waals surface area contributed by atoms with Gasteiger partial charge >= 0.3 is 0 Å². The van der Waals surface area contributed by atoms with E-state index < -0.39 is 0 Å². The smallest absolute Gasteiger partial charge is 0.0576 e. The summed E-state index contributed by atoms with van der Waals surface area (Å²) >= 11 is 0. The molecule has 0 fully saturated rings. The normalized spacial score (nSPS) is 12.9. The molecule has 5 heteroatoms. The summed E-state index contributed by atoms with van der Waals surface area (Å²) in [6.45, 7) is 12.1. The van der Waals surface area contributed by atoms with E-state index in [1.807, 2.05) is 0 Å². The second-order valence-corrected chi connectivity index (χ2v) is 13.1. The van der Waals surface area contributed by atoms with Crippen LogP contribution in [0.3, 0.4) is 0 Å². The molecule has 0 saturated heterocycles. The van der Waals surface area contributed by atoms with Crippen molar-refractivity contribution < 1.29 is 4.74 Å². The third kappa shape index (κ3) is 6.05. The molecule has 4 aromatic carbocycles. The first-order valence-electron chi connectivity index (χ1n) is 17.0. The maximum atomic E-state index is 6.99. The summed E-state index contributed by atoms with van der Waals surface area (Å²) in [4.78, 5) is 4.31. The standard InChI is InChI=1S/C42H50N4O/c1-9-45-29(3)41(35-15-11-13-17-39(35)45)37(31-19-23-33(24-20-31)43(5)6)27-47-28-38(32-21-25-34(26-22-32)44(7)8)42-30(4)46(10-2)40-18-14-12-16-36(40)42/h11-26,37-38H,9-10,27-28H2,1-8H3. The number of nitrogens with zero attached hydrogens (tertiary/aromatic N) is 4. The Labute approximate surface area is 281 Å². The Morgan fingerprint density at radius 2 is 0.894 bits per heavy atom. The van der Waals surface area contributed by atoms with Crippen molar-refractivity contribution in [2.24, 2.45) is 0 Å². The molecule has 47 heavy (non-hydrogen) atoms. The number of para-hydroxylation sites is 2. The molecule has 5 nitrogen and oxygen atoms in total. The first kappa shape index (κ1) is 32.5. The Balaban J connectivity index is 1.42. The van der Waals surface area contributed by atoms with Gasteiger partial charge in [-0.05, 0) is 86.3 Å². The summed E-state index contributed by atoms with van der Waals surface area (Å²) in [5.41, 5.74) is 12.9. The van der Waals surface area contributed by atoms with E-state index in [1.54, 1.807) is 0 Å². The first-order chi connectivity index (χ1) is 22.7. The first-order valence-corrected chi connectivity index (χ1v) is 17.0. The number of fused-ring (bicyclic) bond motifs is 2. The van der Waals surface area contributed by atoms with Gasteiger partial charge in [0.25, 0.3) is 0 Å². The molecule has 2 atom stereocenters. The lowest BCUT2D eigenvalue weighted by atomic mass is 9.88. The summed E-state index contributed by atoms with van der Waals surface area (Å²) in [5.74, 6) is 0.192. The summed E-state index contributed by atoms with van der Waals surface area (Å²) in [6.07, 6.45) is 0. The Hall–Kier alpha value is -4.48. The molecular formula is C42H50N4O. The van der Waals surface area contributed by atoms with Gasteiger partial charge in [-0.2, -0.15) is 0 Å². The fourth-order valence-electron chi connectivity index (χ4n) is 7.62. The molecule has 0 aliphatic heterocycles. The fraction of sp³-hybridized carbons (Fsp3) is 0.333. The van der Waals surface area contributed by atoms with E-state index in [1.165, 1.54) is 66.8 Å². The molecule has 6 rings (SSSR count). The zero-order chi connectivity index (χ0) is 33.2. The van der Waals surface area contributed by atoms with Gasteiger partial charge in [0.05, 0.1) is 13.2 Å². The third-order valence-corrected chi connectivity index (χ3v) is 10.1. The van der Waals surface area contributed by atoms with Gasteiger partial charge in [0.1, 0.15) is 0 Å². The van der Waals surface area contributed by atoms with E-state index in [-0.39, 0.29) is 11.8 Å². The van der Waals surface area contributed by atoms with Crippen LogP contribution >= 0.6 is 0 Å². The number of aromatic nitrogens is 2. The van der Waals surface area contributed by atoms with Gasteiger partial charge in [0.15, 0.2) is 0 Å². The minimum atomic E-state index is 0.0961. The molecule has 0 aliphatic carbocycles. The van der Waals surface area contributed by atoms with E-state index in [2.05, 4.69) is 172 Å². The largest absolute Gasteiger partial charge is 0.379 e. The molecule has 2 unspecified atom stereocenters. The highest BCUT2D eigenvalue weighted by atomic mass is 16.5. The summed E-state index contributed by atoms with van der Waals surface area (Å²) in [7, 11) is 8.38. The second-order valence-electron chi connectivity index (χ2n) is 13.1. The number of aryl methyl sites for hydroxylation is 2. The predicted molar refractivity (Wildman–Crippen MR) is 201 cm³/mol. The van der Waals surface area contributed by atoms with Crippen molar-refractivity contribution in [1.82, 2.24) is 9.13 Å². The Bertz CT molecular complexity index is 1820. The molecule has 0 N–H and O–H groups in total. The minimum Gasteiger partial charge on any atom is -0.379 e. The number of ether oxygens (including phenoxy) is 1. The molecule has 0 aliphatic rings. The van der Waals surface area contributed by atoms with Crippen molar-refractivity contribution in [3.63, 3.8) is 0 Å². The maximum Gasteiger partial charge on any atom is 0.0576 e. The van der Waals surface area contributed by atoms with Crippen LogP contribution in [0.25, 0.3) is 21.8 Å². The lowest BCUT2D eigenvalue weighted by Gasteiger charge is -2.24. The lowest BCUT2D eigenvalue weighted by molar-refractivity contribution is 0.121. The van der Waals surface area contributed by atoms with Gasteiger partial charge in [-0.15, -0.1) is 0 Å². The van der Waals surface area contributed by atoms with Gasteiger partial charge in [-0.3, -0.25) is 0 Å². The highest BCUT2D eigenvalue weighted by Gasteiger charge is 2.27. The van der Waals surface area contributed by atoms with E-state index in [0.717, 1.165) is 13.1 Å². The minimum absolute atomic E-state index is 0.0961. The van der Waals surface area contributed by atoms with Crippen LogP contribution in [0.5, 0.6) is 0 Å². The molecule has 0 amide bonds. The molecule has 0 spiro atoms. The summed E-state index contributed by atoms with van der Waals surface area (Å²) < 4.78 is 11.9. The molecule has 244 valence electrons. The van der Waals surface area contributed by atoms with Crippen molar-refractivity contribution in [2.45, 2.75) is 52.6 Å². The van der Waals surface area contributed by atoms with Crippen LogP contribution in [0.15, 0.2) is 97.1 Å². The van der Waals surface area contributed by atoms with E-state index in [9.17, 15) is 0 Å². The molecule has 0 radical (unpaired) electrons. The predicted octanol–water partition coefficient (Wildman–Crippen LogP) is 9.37. The van der Waals surface area contributed by atoms with Gasteiger partial charge in [-0.25, -0.2) is 0 Å². The van der Waals surface area contributed by atoms with E-state index in [4.69, 9.17) is 4.74 Å². The van der Waals surface area contributed by atoms with Crippen molar-refractivity contribution >= 4 is 33.2 Å². The maximum absolute atomic E-state index is 6.99. The van der Waals surface area contributed by atoms with E-state index in [0.29, 0.717) is 13.2 Å². The highest BCUT2D eigenvalue weighted by Crippen LogP contribution is 2.39. The number of benzene rings is 4. The van der Waals surface area contributed by atoms with Gasteiger partial charge in [-0.1, -0.05) is 60.7 Å². The van der Waals surface area contributed by atoms with Crippen LogP contribution in [0.4, 0.5) is 11.4 Å². The van der Waals surface area contributed by atoms with Crippen LogP contribution in [-0.4, -0.2) is 50.5 Å². The van der Waals surface area contributed by atoms with Crippen molar-refractivity contribution in [1.29, 1.82) is 0 Å². The second kappa shape index (κ2) is 13.7. The molecular weight excluding hydrogens is 576 g/mol. The number of hydrogen-bond acceptors (Lipinski definition) is 3. The SMILES string of the molecule is CCn1c(C)c(C(COCC(c2ccc(N(C)C)cc2)c2c(C)n(CC)c3ccccc23)c2ccc(N(C)C)cc2)c2ccccc21. The Kier molecular flexibility index (Phi) is 9.47. The van der Waals surface area contributed by atoms with Crippen LogP contribution < -0.4 is 9.80 Å². The van der Waals surface area contributed by atoms with Gasteiger partial charge in [0.2, 0.25) is 0 Å². The molecule has 6 aromatic rings. The Morgan fingerprint density at radius 1 is 0.532 bits per heavy atom. The molecule has 0 bridgehead atoms. The van der Waals surface area contributed by atoms with Crippen molar-refractivity contribution in [3.8, 4) is 0 Å². The highest BCUT2D eigenvalue weighted by molar-refractivity contribution is 5.87. The van der Waals surface area contributed by atoms with Crippen molar-refractivity contribution in [2.75, 3.05) is 51.2 Å². The van der Waals surface area contributed by atoms with Crippen molar-refractivity contribution in [3.05, 3.63) is 131 Å². The summed E-state index contributed by atoms with van der Waals surface area (Å²) in [6, 6.07) is 35.8. The monoisotopic (exact) mass is 626 g/mol. The average Bonchev–Trinajstić information content (AvgIpc) is 3.53. The van der Waals surface area contributed by atoms with Crippen LogP contribution in [0.1, 0.15) is 59.3 Å². The molecule has 0 saturated carbocycles. The molecule has 2 heterocycles. The fourth-order valence-corrected chi connectivity index (χ4v) is 7.62. The van der Waals surface area contributed by atoms with Crippen LogP contribution in [0, 0.1) is 13.8 Å². The van der Waals surface area contributed by atoms with Crippen LogP contribution in [-0.2, 0) is 17.8 Å². The average molecular weight is 627 g/mol. The van der Waals surface area contributed by atoms with Gasteiger partial charge < -0.3 is 23.7 Å². The van der Waals surface area contributed by atoms with Crippen LogP contribution in [0.2, 0.25) is 0 Å². The topological polar surface area (TPSA) is 25.6 Å². The number of rotatable bonds is 12.